The van der Waals surface area contributed by atoms with E-state index in [2.05, 4.69) is 15.7 Å². The van der Waals surface area contributed by atoms with Crippen molar-refractivity contribution < 1.29 is 13.9 Å². The van der Waals surface area contributed by atoms with E-state index < -0.39 is 5.60 Å². The van der Waals surface area contributed by atoms with Crippen molar-refractivity contribution in [2.45, 2.75) is 51.2 Å². The molecule has 1 unspecified atom stereocenters. The van der Waals surface area contributed by atoms with Crippen molar-refractivity contribution in [1.29, 1.82) is 0 Å². The molecule has 3 aromatic rings. The van der Waals surface area contributed by atoms with Gasteiger partial charge in [-0.25, -0.2) is 9.18 Å². The number of likely N-dealkylation sites (tertiary alicyclic amines) is 1. The van der Waals surface area contributed by atoms with E-state index in [0.29, 0.717) is 18.6 Å². The summed E-state index contributed by atoms with van der Waals surface area (Å²) < 4.78 is 21.0. The van der Waals surface area contributed by atoms with Gasteiger partial charge in [0.15, 0.2) is 0 Å². The summed E-state index contributed by atoms with van der Waals surface area (Å²) in [6.07, 6.45) is 3.38. The highest BCUT2D eigenvalue weighted by Gasteiger charge is 2.47. The first-order valence-electron chi connectivity index (χ1n) is 10.3. The number of benzene rings is 1. The van der Waals surface area contributed by atoms with Crippen molar-refractivity contribution in [1.82, 2.24) is 19.7 Å². The Hall–Kier alpha value is -2.96. The molecule has 4 heterocycles. The first kappa shape index (κ1) is 19.0. The fraction of sp³-hybridized carbons (Fsp3) is 0.435. The van der Waals surface area contributed by atoms with E-state index in [4.69, 9.17) is 9.84 Å². The lowest BCUT2D eigenvalue weighted by Gasteiger charge is -2.26. The highest BCUT2D eigenvalue weighted by atomic mass is 19.1. The quantitative estimate of drug-likeness (QED) is 0.594. The molecule has 2 aromatic heterocycles. The Morgan fingerprint density at radius 3 is 2.77 bits per heavy atom. The van der Waals surface area contributed by atoms with E-state index in [9.17, 15) is 9.18 Å². The van der Waals surface area contributed by atoms with Crippen LogP contribution in [0.1, 0.15) is 39.3 Å². The Bertz CT molecular complexity index is 1150. The van der Waals surface area contributed by atoms with E-state index >= 15 is 0 Å². The largest absolute Gasteiger partial charge is 0.444 e. The van der Waals surface area contributed by atoms with Crippen LogP contribution in [0.4, 0.5) is 9.18 Å². The van der Waals surface area contributed by atoms with Gasteiger partial charge in [-0.2, -0.15) is 5.10 Å². The van der Waals surface area contributed by atoms with Crippen LogP contribution in [0.5, 0.6) is 0 Å². The molecule has 1 spiro atoms. The average molecular weight is 408 g/mol. The molecule has 0 aliphatic carbocycles. The summed E-state index contributed by atoms with van der Waals surface area (Å²) in [5.74, 6) is -0.290. The lowest BCUT2D eigenvalue weighted by molar-refractivity contribution is 0.0284. The summed E-state index contributed by atoms with van der Waals surface area (Å²) in [4.78, 5) is 18.8. The van der Waals surface area contributed by atoms with Gasteiger partial charge in [0, 0.05) is 54.0 Å². The topological polar surface area (TPSA) is 60.2 Å². The fourth-order valence-corrected chi connectivity index (χ4v) is 4.61. The Morgan fingerprint density at radius 2 is 1.97 bits per heavy atom. The molecule has 1 amide bonds. The summed E-state index contributed by atoms with van der Waals surface area (Å²) >= 11 is 0. The minimum atomic E-state index is -0.497. The summed E-state index contributed by atoms with van der Waals surface area (Å²) in [7, 11) is 0. The molecular weight excluding hydrogens is 383 g/mol. The third-order valence-electron chi connectivity index (χ3n) is 6.07. The Morgan fingerprint density at radius 1 is 1.17 bits per heavy atom. The Balaban J connectivity index is 1.42. The molecule has 5 rings (SSSR count). The van der Waals surface area contributed by atoms with Crippen LogP contribution >= 0.6 is 0 Å². The molecule has 1 atom stereocenters. The van der Waals surface area contributed by atoms with Crippen molar-refractivity contribution in [2.75, 3.05) is 13.1 Å². The highest BCUT2D eigenvalue weighted by Crippen LogP contribution is 2.44. The van der Waals surface area contributed by atoms with Gasteiger partial charge in [-0.15, -0.1) is 0 Å². The normalized spacial score (nSPS) is 20.9. The molecule has 7 heteroatoms. The van der Waals surface area contributed by atoms with E-state index in [1.165, 1.54) is 17.8 Å². The number of carbonyl (C=O) groups is 1. The van der Waals surface area contributed by atoms with E-state index in [0.717, 1.165) is 36.0 Å². The van der Waals surface area contributed by atoms with Gasteiger partial charge in [-0.3, -0.25) is 9.67 Å². The third-order valence-corrected chi connectivity index (χ3v) is 6.07. The van der Waals surface area contributed by atoms with Crippen molar-refractivity contribution in [3.05, 3.63) is 48.0 Å². The van der Waals surface area contributed by atoms with Crippen LogP contribution in [0.3, 0.4) is 0 Å². The SMILES string of the molecule is CC(C)(C)OC(=O)N1CCC2(CCn3nc(-c4cnc5cc(F)ccc5c4)cc32)C1. The average Bonchev–Trinajstić information content (AvgIpc) is 3.37. The van der Waals surface area contributed by atoms with Gasteiger partial charge >= 0.3 is 6.09 Å². The molecule has 0 N–H and O–H groups in total. The van der Waals surface area contributed by atoms with Gasteiger partial charge < -0.3 is 9.64 Å². The van der Waals surface area contributed by atoms with Gasteiger partial charge in [0.25, 0.3) is 0 Å². The third kappa shape index (κ3) is 3.22. The maximum Gasteiger partial charge on any atom is 0.410 e. The number of amides is 1. The van der Waals surface area contributed by atoms with Gasteiger partial charge in [0.2, 0.25) is 0 Å². The number of pyridine rings is 1. The van der Waals surface area contributed by atoms with Crippen molar-refractivity contribution >= 4 is 17.0 Å². The number of hydrogen-bond acceptors (Lipinski definition) is 4. The predicted molar refractivity (Wildman–Crippen MR) is 112 cm³/mol. The monoisotopic (exact) mass is 408 g/mol. The summed E-state index contributed by atoms with van der Waals surface area (Å²) in [6, 6.07) is 8.74. The van der Waals surface area contributed by atoms with Crippen LogP contribution in [0.25, 0.3) is 22.2 Å². The zero-order valence-electron chi connectivity index (χ0n) is 17.5. The molecule has 2 aliphatic heterocycles. The second kappa shape index (κ2) is 6.52. The first-order valence-corrected chi connectivity index (χ1v) is 10.3. The van der Waals surface area contributed by atoms with E-state index in [1.54, 1.807) is 12.3 Å². The summed E-state index contributed by atoms with van der Waals surface area (Å²) in [6.45, 7) is 7.85. The molecular formula is C23H25FN4O2. The number of aromatic nitrogens is 3. The molecule has 156 valence electrons. The Labute approximate surface area is 174 Å². The van der Waals surface area contributed by atoms with Crippen LogP contribution in [-0.2, 0) is 16.7 Å². The smallest absolute Gasteiger partial charge is 0.410 e. The van der Waals surface area contributed by atoms with Gasteiger partial charge in [0.1, 0.15) is 11.4 Å². The standard InChI is InChI=1S/C23H25FN4O2/c1-22(2,3)30-21(29)27-8-6-23(14-27)7-9-28-20(23)12-19(26-28)16-10-15-4-5-17(24)11-18(15)25-13-16/h4-5,10-13H,6-9,14H2,1-3H3. The maximum absolute atomic E-state index is 13.4. The van der Waals surface area contributed by atoms with Crippen molar-refractivity contribution in [3.63, 3.8) is 0 Å². The minimum absolute atomic E-state index is 0.0738. The van der Waals surface area contributed by atoms with Crippen LogP contribution < -0.4 is 0 Å². The van der Waals surface area contributed by atoms with Crippen LogP contribution in [0.2, 0.25) is 0 Å². The number of halogens is 1. The van der Waals surface area contributed by atoms with Gasteiger partial charge in [-0.1, -0.05) is 0 Å². The van der Waals surface area contributed by atoms with Crippen LogP contribution in [0, 0.1) is 5.82 Å². The highest BCUT2D eigenvalue weighted by molar-refractivity contribution is 5.83. The van der Waals surface area contributed by atoms with E-state index in [-0.39, 0.29) is 17.3 Å². The van der Waals surface area contributed by atoms with Crippen LogP contribution in [0.15, 0.2) is 36.5 Å². The number of carbonyl (C=O) groups excluding carboxylic acids is 1. The Kier molecular flexibility index (Phi) is 4.14. The molecule has 0 saturated carbocycles. The number of hydrogen-bond donors (Lipinski definition) is 0. The number of ether oxygens (including phenoxy) is 1. The molecule has 1 aromatic carbocycles. The van der Waals surface area contributed by atoms with E-state index in [1.807, 2.05) is 31.7 Å². The van der Waals surface area contributed by atoms with Crippen molar-refractivity contribution in [2.24, 2.45) is 0 Å². The van der Waals surface area contributed by atoms with Gasteiger partial charge in [0.05, 0.1) is 11.2 Å². The maximum atomic E-state index is 13.4. The molecule has 1 fully saturated rings. The fourth-order valence-electron chi connectivity index (χ4n) is 4.61. The minimum Gasteiger partial charge on any atom is -0.444 e. The van der Waals surface area contributed by atoms with Crippen molar-refractivity contribution in [3.8, 4) is 11.3 Å². The molecule has 0 radical (unpaired) electrons. The second-order valence-corrected chi connectivity index (χ2v) is 9.38. The number of aryl methyl sites for hydroxylation is 1. The molecule has 1 saturated heterocycles. The number of rotatable bonds is 1. The lowest BCUT2D eigenvalue weighted by Crippen LogP contribution is -2.37. The number of fused-ring (bicyclic) bond motifs is 3. The molecule has 2 aliphatic rings. The zero-order chi connectivity index (χ0) is 21.1. The predicted octanol–water partition coefficient (Wildman–Crippen LogP) is 4.52. The number of nitrogens with zero attached hydrogens (tertiary/aromatic N) is 4. The first-order chi connectivity index (χ1) is 14.2. The molecule has 30 heavy (non-hydrogen) atoms. The summed E-state index contributed by atoms with van der Waals surface area (Å²) in [5.41, 5.74) is 3.00. The molecule has 0 bridgehead atoms. The van der Waals surface area contributed by atoms with Crippen LogP contribution in [-0.4, -0.2) is 44.4 Å². The van der Waals surface area contributed by atoms with Gasteiger partial charge in [-0.05, 0) is 57.9 Å². The zero-order valence-corrected chi connectivity index (χ0v) is 17.5. The molecule has 6 nitrogen and oxygen atoms in total. The second-order valence-electron chi connectivity index (χ2n) is 9.38. The summed E-state index contributed by atoms with van der Waals surface area (Å²) in [5, 5.41) is 5.68. The lowest BCUT2D eigenvalue weighted by atomic mass is 9.82.